The van der Waals surface area contributed by atoms with Gasteiger partial charge in [-0.1, -0.05) is 203 Å². The molecule has 0 unspecified atom stereocenters. The van der Waals surface area contributed by atoms with Crippen molar-refractivity contribution in [3.63, 3.8) is 0 Å². The van der Waals surface area contributed by atoms with E-state index in [2.05, 4.69) is 290 Å². The van der Waals surface area contributed by atoms with Crippen LogP contribution < -0.4 is 16.4 Å². The maximum Gasteiger partial charge on any atom is 0.244 e. The second-order valence-electron chi connectivity index (χ2n) is 23.4. The molecule has 6 heteroatoms. The van der Waals surface area contributed by atoms with Crippen molar-refractivity contribution in [3.05, 3.63) is 247 Å². The third kappa shape index (κ3) is 7.19. The molecule has 0 aliphatic carbocycles. The SMILES string of the molecule is CC(C)c1cc(C(C)C)c(B2c3ccc(-n4c5ccccc5c5cc6c(cc54)c4ccccc4n6-c4ccccc4)cc3Sc3cc(-n4c5ccccc5c5cc6c(cc54)c4ccccc4n6-c4ccccc4)ccc32)c(C(C)C)c1. The van der Waals surface area contributed by atoms with Gasteiger partial charge in [0.15, 0.2) is 0 Å². The van der Waals surface area contributed by atoms with Gasteiger partial charge in [-0.3, -0.25) is 0 Å². The van der Waals surface area contributed by atoms with E-state index < -0.39 is 0 Å². The number of nitrogens with zero attached hydrogens (tertiary/aromatic N) is 4. The Morgan fingerprint density at radius 1 is 0.284 bits per heavy atom. The first kappa shape index (κ1) is 48.0. The Labute approximate surface area is 476 Å². The van der Waals surface area contributed by atoms with E-state index in [-0.39, 0.29) is 6.71 Å². The van der Waals surface area contributed by atoms with Gasteiger partial charge in [-0.25, -0.2) is 0 Å². The molecule has 5 heterocycles. The monoisotopic (exact) mass is 1060 g/mol. The molecule has 16 rings (SSSR count). The van der Waals surface area contributed by atoms with E-state index in [0.29, 0.717) is 17.8 Å². The number of hydrogen-bond acceptors (Lipinski definition) is 1. The summed E-state index contributed by atoms with van der Waals surface area (Å²) in [6, 6.07) is 87.1. The van der Waals surface area contributed by atoms with Gasteiger partial charge in [-0.15, -0.1) is 0 Å². The predicted molar refractivity (Wildman–Crippen MR) is 348 cm³/mol. The zero-order valence-corrected chi connectivity index (χ0v) is 47.3. The van der Waals surface area contributed by atoms with E-state index in [0.717, 1.165) is 0 Å². The van der Waals surface area contributed by atoms with Crippen LogP contribution in [-0.2, 0) is 0 Å². The Hall–Kier alpha value is -8.97. The van der Waals surface area contributed by atoms with Gasteiger partial charge in [-0.2, -0.15) is 0 Å². The Morgan fingerprint density at radius 2 is 0.605 bits per heavy atom. The minimum absolute atomic E-state index is 0.0270. The molecule has 0 fully saturated rings. The van der Waals surface area contributed by atoms with Gasteiger partial charge in [0.2, 0.25) is 6.71 Å². The van der Waals surface area contributed by atoms with Crippen LogP contribution in [0, 0.1) is 0 Å². The lowest BCUT2D eigenvalue weighted by atomic mass is 9.34. The molecule has 4 nitrogen and oxygen atoms in total. The highest BCUT2D eigenvalue weighted by Gasteiger charge is 2.37. The quantitative estimate of drug-likeness (QED) is 0.139. The minimum Gasteiger partial charge on any atom is -0.309 e. The van der Waals surface area contributed by atoms with E-state index in [1.807, 2.05) is 11.8 Å². The van der Waals surface area contributed by atoms with Gasteiger partial charge in [0, 0.05) is 75.6 Å². The normalized spacial score (nSPS) is 12.8. The summed E-state index contributed by atoms with van der Waals surface area (Å²) in [6.07, 6.45) is 0. The summed E-state index contributed by atoms with van der Waals surface area (Å²) in [4.78, 5) is 2.59. The average molecular weight is 1060 g/mol. The highest BCUT2D eigenvalue weighted by molar-refractivity contribution is 8.00. The number of fused-ring (bicyclic) bond motifs is 14. The molecular weight excluding hydrogens is 1000 g/mol. The van der Waals surface area contributed by atoms with Gasteiger partial charge in [-0.05, 0) is 132 Å². The third-order valence-corrected chi connectivity index (χ3v) is 18.9. The lowest BCUT2D eigenvalue weighted by Crippen LogP contribution is -2.57. The molecule has 4 aromatic heterocycles. The second kappa shape index (κ2) is 18.3. The fourth-order valence-electron chi connectivity index (χ4n) is 14.0. The van der Waals surface area contributed by atoms with Gasteiger partial charge < -0.3 is 18.3 Å². The standard InChI is InChI=1S/C75H59BN4S/c1-45(2)48-37-57(46(3)4)75(58(38-48)47(5)6)76-63-35-33-51(79-67-31-19-15-27-55(67)61-41-69-59(43-71(61)79)53-25-13-17-29-65(53)77(69)49-21-9-7-10-22-49)39-73(63)81-74-40-52(34-36-64(74)76)80-68-32-20-16-28-56(68)62-42-70-60(44-72(62)80)54-26-14-18-30-66(54)78(70)50-23-11-8-12-24-50/h7-47H,1-6H3. The molecule has 1 aliphatic heterocycles. The van der Waals surface area contributed by atoms with Crippen LogP contribution in [-0.4, -0.2) is 25.0 Å². The van der Waals surface area contributed by atoms with E-state index >= 15 is 0 Å². The average Bonchev–Trinajstić information content (AvgIpc) is 3.06. The van der Waals surface area contributed by atoms with Crippen LogP contribution in [0.3, 0.4) is 0 Å². The van der Waals surface area contributed by atoms with Crippen LogP contribution in [0.4, 0.5) is 0 Å². The molecule has 388 valence electrons. The zero-order chi connectivity index (χ0) is 54.4. The molecule has 0 atom stereocenters. The molecule has 0 radical (unpaired) electrons. The zero-order valence-electron chi connectivity index (χ0n) is 46.4. The van der Waals surface area contributed by atoms with Gasteiger partial charge in [0.05, 0.1) is 44.1 Å². The number of hydrogen-bond donors (Lipinski definition) is 0. The number of benzene rings is 11. The molecule has 0 saturated heterocycles. The summed E-state index contributed by atoms with van der Waals surface area (Å²) in [7, 11) is 0. The minimum atomic E-state index is 0.0270. The summed E-state index contributed by atoms with van der Waals surface area (Å²) in [6.45, 7) is 14.3. The Bertz CT molecular complexity index is 4760. The number of para-hydroxylation sites is 6. The third-order valence-electron chi connectivity index (χ3n) is 17.8. The smallest absolute Gasteiger partial charge is 0.244 e. The van der Waals surface area contributed by atoms with Crippen molar-refractivity contribution in [2.45, 2.75) is 69.1 Å². The summed E-state index contributed by atoms with van der Waals surface area (Å²) in [5.41, 5.74) is 22.9. The highest BCUT2D eigenvalue weighted by atomic mass is 32.2. The Morgan fingerprint density at radius 3 is 0.938 bits per heavy atom. The van der Waals surface area contributed by atoms with Gasteiger partial charge in [0.1, 0.15) is 0 Å². The maximum atomic E-state index is 2.54. The Kier molecular flexibility index (Phi) is 10.8. The molecule has 0 amide bonds. The van der Waals surface area contributed by atoms with Crippen molar-refractivity contribution in [1.29, 1.82) is 0 Å². The van der Waals surface area contributed by atoms with Crippen molar-refractivity contribution >= 4 is 122 Å². The van der Waals surface area contributed by atoms with Crippen LogP contribution in [0.1, 0.15) is 76.0 Å². The van der Waals surface area contributed by atoms with Crippen molar-refractivity contribution in [2.24, 2.45) is 0 Å². The lowest BCUT2D eigenvalue weighted by molar-refractivity contribution is 0.812. The first-order chi connectivity index (χ1) is 39.7. The largest absolute Gasteiger partial charge is 0.309 e. The van der Waals surface area contributed by atoms with Gasteiger partial charge in [0.25, 0.3) is 0 Å². The number of aromatic nitrogens is 4. The van der Waals surface area contributed by atoms with Crippen molar-refractivity contribution in [3.8, 4) is 22.7 Å². The van der Waals surface area contributed by atoms with E-state index in [1.54, 1.807) is 0 Å². The van der Waals surface area contributed by atoms with Crippen molar-refractivity contribution < 1.29 is 0 Å². The number of rotatable bonds is 8. The molecule has 0 bridgehead atoms. The summed E-state index contributed by atoms with van der Waals surface area (Å²) in [5, 5.41) is 10.00. The topological polar surface area (TPSA) is 19.7 Å². The van der Waals surface area contributed by atoms with Crippen LogP contribution >= 0.6 is 11.8 Å². The van der Waals surface area contributed by atoms with Crippen LogP contribution in [0.15, 0.2) is 240 Å². The summed E-state index contributed by atoms with van der Waals surface area (Å²) < 4.78 is 9.94. The summed E-state index contributed by atoms with van der Waals surface area (Å²) in [5.74, 6) is 1.09. The maximum absolute atomic E-state index is 2.54. The van der Waals surface area contributed by atoms with Crippen LogP contribution in [0.5, 0.6) is 0 Å². The van der Waals surface area contributed by atoms with Crippen LogP contribution in [0.25, 0.3) is 110 Å². The predicted octanol–water partition coefficient (Wildman–Crippen LogP) is 18.4. The van der Waals surface area contributed by atoms with Gasteiger partial charge >= 0.3 is 0 Å². The summed E-state index contributed by atoms with van der Waals surface area (Å²) >= 11 is 1.94. The fraction of sp³-hybridized carbons (Fsp3) is 0.120. The molecule has 11 aromatic carbocycles. The second-order valence-corrected chi connectivity index (χ2v) is 24.5. The molecule has 0 spiro atoms. The lowest BCUT2D eigenvalue weighted by Gasteiger charge is -2.32. The molecule has 15 aromatic rings. The first-order valence-corrected chi connectivity index (χ1v) is 29.7. The molecular formula is C75H59BN4S. The molecule has 81 heavy (non-hydrogen) atoms. The van der Waals surface area contributed by atoms with E-state index in [4.69, 9.17) is 0 Å². The molecule has 0 N–H and O–H groups in total. The van der Waals surface area contributed by atoms with Crippen LogP contribution in [0.2, 0.25) is 0 Å². The van der Waals surface area contributed by atoms with E-state index in [9.17, 15) is 0 Å². The van der Waals surface area contributed by atoms with Crippen molar-refractivity contribution in [2.75, 3.05) is 0 Å². The highest BCUT2D eigenvalue weighted by Crippen LogP contribution is 2.44. The van der Waals surface area contributed by atoms with Crippen molar-refractivity contribution in [1.82, 2.24) is 18.3 Å². The van der Waals surface area contributed by atoms with E-state index in [1.165, 1.54) is 153 Å². The molecule has 1 aliphatic rings. The molecule has 0 saturated carbocycles. The Balaban J connectivity index is 0.936. The first-order valence-electron chi connectivity index (χ1n) is 28.9. The fourth-order valence-corrected chi connectivity index (χ4v) is 15.3.